The maximum atomic E-state index is 9.29. The van der Waals surface area contributed by atoms with Crippen molar-refractivity contribution in [3.05, 3.63) is 12.2 Å². The number of hydrogen-bond acceptors (Lipinski definition) is 3. The van der Waals surface area contributed by atoms with E-state index in [1.165, 1.54) is 0 Å². The third-order valence-corrected chi connectivity index (χ3v) is 2.43. The Balaban J connectivity index is 2.77. The monoisotopic (exact) mass is 157 g/mol. The molecule has 0 heterocycles. The summed E-state index contributed by atoms with van der Waals surface area (Å²) in [4.78, 5) is 0. The van der Waals surface area contributed by atoms with Gasteiger partial charge in [0.2, 0.25) is 0 Å². The molecule has 3 nitrogen and oxygen atoms in total. The molecule has 1 aliphatic rings. The van der Waals surface area contributed by atoms with Crippen LogP contribution in [0, 0.1) is 18.4 Å². The van der Waals surface area contributed by atoms with Gasteiger partial charge in [-0.2, -0.15) is 0 Å². The fraction of sp³-hybridized carbons (Fsp3) is 0.750. The highest BCUT2D eigenvalue weighted by Gasteiger charge is 2.37. The highest BCUT2D eigenvalue weighted by atomic mass is 16.3. The van der Waals surface area contributed by atoms with Crippen LogP contribution in [0.4, 0.5) is 0 Å². The third kappa shape index (κ3) is 1.20. The number of rotatable bonds is 1. The summed E-state index contributed by atoms with van der Waals surface area (Å²) in [5.74, 6) is -0.679. The van der Waals surface area contributed by atoms with Gasteiger partial charge in [-0.15, -0.1) is 0 Å². The van der Waals surface area contributed by atoms with E-state index in [1.54, 1.807) is 6.92 Å². The van der Waals surface area contributed by atoms with Gasteiger partial charge in [0.15, 0.2) is 0 Å². The van der Waals surface area contributed by atoms with Crippen molar-refractivity contribution in [2.24, 2.45) is 11.8 Å². The van der Waals surface area contributed by atoms with Crippen molar-refractivity contribution in [3.63, 3.8) is 0 Å². The van der Waals surface area contributed by atoms with Crippen LogP contribution in [-0.4, -0.2) is 34.1 Å². The first-order chi connectivity index (χ1) is 5.09. The molecule has 3 heteroatoms. The molecule has 3 N–H and O–H groups in total. The number of aliphatic hydroxyl groups excluding tert-OH is 3. The van der Waals surface area contributed by atoms with E-state index in [0.717, 1.165) is 0 Å². The Morgan fingerprint density at radius 3 is 2.09 bits per heavy atom. The lowest BCUT2D eigenvalue weighted by Gasteiger charge is -2.17. The van der Waals surface area contributed by atoms with Crippen LogP contribution < -0.4 is 0 Å². The summed E-state index contributed by atoms with van der Waals surface area (Å²) in [5, 5.41) is 27.3. The van der Waals surface area contributed by atoms with E-state index in [9.17, 15) is 10.2 Å². The van der Waals surface area contributed by atoms with Gasteiger partial charge in [0.05, 0.1) is 12.2 Å². The number of hydrogen-bond donors (Lipinski definition) is 3. The van der Waals surface area contributed by atoms with Crippen molar-refractivity contribution in [1.29, 1.82) is 0 Å². The lowest BCUT2D eigenvalue weighted by atomic mass is 10.0. The fourth-order valence-electron chi connectivity index (χ4n) is 1.48. The van der Waals surface area contributed by atoms with Gasteiger partial charge in [0, 0.05) is 6.61 Å². The Kier molecular flexibility index (Phi) is 2.32. The summed E-state index contributed by atoms with van der Waals surface area (Å²) in [7, 11) is 0. The normalized spacial score (nSPS) is 44.9. The molecule has 0 aromatic carbocycles. The van der Waals surface area contributed by atoms with Crippen molar-refractivity contribution in [2.75, 3.05) is 6.61 Å². The van der Waals surface area contributed by atoms with Crippen molar-refractivity contribution in [1.82, 2.24) is 0 Å². The smallest absolute Gasteiger partial charge is 0.0863 e. The summed E-state index contributed by atoms with van der Waals surface area (Å²) in [6.45, 7) is 7.09. The minimum Gasteiger partial charge on any atom is -0.514 e. The largest absolute Gasteiger partial charge is 0.514 e. The molecule has 4 unspecified atom stereocenters. The molecule has 1 aliphatic carbocycles. The second-order valence-electron chi connectivity index (χ2n) is 3.06. The molecule has 4 atom stereocenters. The average Bonchev–Trinajstić information content (AvgIpc) is 2.17. The van der Waals surface area contributed by atoms with Crippen molar-refractivity contribution in [3.8, 4) is 0 Å². The minimum atomic E-state index is -0.907. The van der Waals surface area contributed by atoms with Gasteiger partial charge in [-0.25, -0.2) is 5.57 Å². The van der Waals surface area contributed by atoms with E-state index >= 15 is 0 Å². The topological polar surface area (TPSA) is 60.7 Å². The van der Waals surface area contributed by atoms with E-state index in [4.69, 9.17) is 11.7 Å². The SMILES string of the molecule is [CH-]=C1C(C)C(O)C(O)C1CO. The summed E-state index contributed by atoms with van der Waals surface area (Å²) in [6, 6.07) is 0. The van der Waals surface area contributed by atoms with Crippen LogP contribution in [0.2, 0.25) is 0 Å². The van der Waals surface area contributed by atoms with Crippen molar-refractivity contribution in [2.45, 2.75) is 19.1 Å². The standard InChI is InChI=1S/C8H13O3/c1-4-5(2)7(10)8(11)6(4)3-9/h1,5-11H,3H2,2H3/q-1. The predicted octanol–water partition coefficient (Wildman–Crippen LogP) is -0.674. The zero-order chi connectivity index (χ0) is 8.59. The van der Waals surface area contributed by atoms with Gasteiger partial charge >= 0.3 is 0 Å². The molecule has 0 aromatic rings. The Labute approximate surface area is 66.0 Å². The second-order valence-corrected chi connectivity index (χ2v) is 3.06. The molecule has 0 aliphatic heterocycles. The zero-order valence-corrected chi connectivity index (χ0v) is 6.44. The third-order valence-electron chi connectivity index (χ3n) is 2.43. The molecule has 1 rings (SSSR count). The quantitative estimate of drug-likeness (QED) is 0.442. The molecule has 0 spiro atoms. The van der Waals surface area contributed by atoms with E-state index in [2.05, 4.69) is 0 Å². The maximum absolute atomic E-state index is 9.29. The van der Waals surface area contributed by atoms with Gasteiger partial charge in [-0.3, -0.25) is 0 Å². The Bertz CT molecular complexity index is 167. The first-order valence-electron chi connectivity index (χ1n) is 3.68. The van der Waals surface area contributed by atoms with E-state index in [1.807, 2.05) is 0 Å². The highest BCUT2D eigenvalue weighted by Crippen LogP contribution is 2.34. The first-order valence-corrected chi connectivity index (χ1v) is 3.68. The van der Waals surface area contributed by atoms with Crippen LogP contribution in [0.3, 0.4) is 0 Å². The Hall–Kier alpha value is -0.380. The lowest BCUT2D eigenvalue weighted by Crippen LogP contribution is -2.28. The molecular formula is C8H13O3-. The summed E-state index contributed by atoms with van der Waals surface area (Å²) in [6.07, 6.45) is -1.73. The molecular weight excluding hydrogens is 144 g/mol. The molecule has 0 bridgehead atoms. The fourth-order valence-corrected chi connectivity index (χ4v) is 1.48. The summed E-state index contributed by atoms with van der Waals surface area (Å²) >= 11 is 0. The van der Waals surface area contributed by atoms with Gasteiger partial charge in [-0.05, 0) is 11.8 Å². The van der Waals surface area contributed by atoms with Crippen LogP contribution in [-0.2, 0) is 0 Å². The second kappa shape index (κ2) is 2.93. The predicted molar refractivity (Wildman–Crippen MR) is 39.6 cm³/mol. The molecule has 0 saturated heterocycles. The zero-order valence-electron chi connectivity index (χ0n) is 6.44. The molecule has 11 heavy (non-hydrogen) atoms. The van der Waals surface area contributed by atoms with Crippen LogP contribution >= 0.6 is 0 Å². The van der Waals surface area contributed by atoms with Crippen molar-refractivity contribution < 1.29 is 15.3 Å². The first kappa shape index (κ1) is 8.71. The molecule has 64 valence electrons. The van der Waals surface area contributed by atoms with E-state index in [-0.39, 0.29) is 12.5 Å². The van der Waals surface area contributed by atoms with Gasteiger partial charge in [-0.1, -0.05) is 6.92 Å². The van der Waals surface area contributed by atoms with Gasteiger partial charge < -0.3 is 21.9 Å². The van der Waals surface area contributed by atoms with E-state index in [0.29, 0.717) is 5.57 Å². The Morgan fingerprint density at radius 2 is 1.91 bits per heavy atom. The van der Waals surface area contributed by atoms with Gasteiger partial charge in [0.1, 0.15) is 0 Å². The average molecular weight is 157 g/mol. The minimum absolute atomic E-state index is 0.200. The van der Waals surface area contributed by atoms with Crippen molar-refractivity contribution >= 4 is 0 Å². The molecule has 0 amide bonds. The Morgan fingerprint density at radius 1 is 1.36 bits per heavy atom. The molecule has 0 aromatic heterocycles. The molecule has 1 saturated carbocycles. The van der Waals surface area contributed by atoms with Crippen LogP contribution in [0.15, 0.2) is 5.57 Å². The molecule has 0 radical (unpaired) electrons. The summed E-state index contributed by atoms with van der Waals surface area (Å²) in [5.41, 5.74) is 0.493. The van der Waals surface area contributed by atoms with Crippen LogP contribution in [0.5, 0.6) is 0 Å². The maximum Gasteiger partial charge on any atom is 0.0863 e. The van der Waals surface area contributed by atoms with Crippen LogP contribution in [0.25, 0.3) is 0 Å². The van der Waals surface area contributed by atoms with E-state index < -0.39 is 18.1 Å². The molecule has 1 fully saturated rings. The lowest BCUT2D eigenvalue weighted by molar-refractivity contribution is -0.00322. The highest BCUT2D eigenvalue weighted by molar-refractivity contribution is 5.15. The summed E-state index contributed by atoms with van der Waals surface area (Å²) < 4.78 is 0. The van der Waals surface area contributed by atoms with Crippen LogP contribution in [0.1, 0.15) is 6.92 Å². The van der Waals surface area contributed by atoms with Gasteiger partial charge in [0.25, 0.3) is 0 Å². The number of aliphatic hydroxyl groups is 3.